The maximum absolute atomic E-state index is 15.7. The Balaban J connectivity index is 1.01. The number of carbonyl (C=O) groups is 2. The van der Waals surface area contributed by atoms with Crippen LogP contribution >= 0.6 is 45.3 Å². The van der Waals surface area contributed by atoms with E-state index in [2.05, 4.69) is 153 Å². The van der Waals surface area contributed by atoms with Crippen LogP contribution in [0.25, 0.3) is 83.7 Å². The van der Waals surface area contributed by atoms with Gasteiger partial charge >= 0.3 is 0 Å². The van der Waals surface area contributed by atoms with E-state index in [1.54, 1.807) is 47.8 Å². The molecule has 5 heterocycles. The first-order valence-electron chi connectivity index (χ1n) is 38.9. The summed E-state index contributed by atoms with van der Waals surface area (Å²) in [6.07, 6.45) is 24.9. The molecule has 9 nitrogen and oxygen atoms in total. The van der Waals surface area contributed by atoms with Crippen LogP contribution in [0, 0.1) is 60.2 Å². The Morgan fingerprint density at radius 2 is 0.811 bits per heavy atom. The molecule has 0 saturated carbocycles. The van der Waals surface area contributed by atoms with E-state index in [0.29, 0.717) is 26.4 Å². The van der Waals surface area contributed by atoms with Crippen LogP contribution < -0.4 is 0 Å². The lowest BCUT2D eigenvalue weighted by atomic mass is 9.66. The predicted octanol–water partition coefficient (Wildman–Crippen LogP) is 26.6. The monoisotopic (exact) mass is 1540 g/mol. The number of nitriles is 2. The van der Waals surface area contributed by atoms with Crippen LogP contribution in [0.15, 0.2) is 161 Å². The second kappa shape index (κ2) is 30.9. The molecule has 0 unspecified atom stereocenters. The Morgan fingerprint density at radius 3 is 1.20 bits per heavy atom. The van der Waals surface area contributed by atoms with Crippen molar-refractivity contribution >= 4 is 111 Å². The van der Waals surface area contributed by atoms with Gasteiger partial charge in [0.25, 0.3) is 11.4 Å². The highest BCUT2D eigenvalue weighted by molar-refractivity contribution is 7.30. The molecule has 4 aliphatic carbocycles. The van der Waals surface area contributed by atoms with Gasteiger partial charge in [0.15, 0.2) is 28.7 Å². The van der Waals surface area contributed by atoms with E-state index in [4.69, 9.17) is 28.1 Å². The molecule has 12 aromatic rings. The summed E-state index contributed by atoms with van der Waals surface area (Å²) in [5.41, 5.74) is 12.1. The number of fused-ring (bicyclic) bond motifs is 16. The van der Waals surface area contributed by atoms with Crippen LogP contribution in [0.2, 0.25) is 0 Å². The van der Waals surface area contributed by atoms with Crippen molar-refractivity contribution in [3.63, 3.8) is 0 Å². The molecule has 111 heavy (non-hydrogen) atoms. The number of ketones is 2. The zero-order chi connectivity index (χ0) is 77.0. The zero-order valence-corrected chi connectivity index (χ0v) is 65.9. The molecular formula is C95H79F3N6O3S4. The van der Waals surface area contributed by atoms with Crippen LogP contribution in [0.4, 0.5) is 13.2 Å². The van der Waals surface area contributed by atoms with Gasteiger partial charge in [0.1, 0.15) is 11.3 Å². The molecule has 552 valence electrons. The maximum atomic E-state index is 15.7. The number of Topliss-reactive ketones (excluding diaryl/α,β-unsaturated/α-hetero) is 2. The molecule has 0 saturated heterocycles. The van der Waals surface area contributed by atoms with Gasteiger partial charge in [-0.1, -0.05) is 202 Å². The number of unbranched alkanes of at least 4 members (excludes halogenated alkanes) is 12. The first-order chi connectivity index (χ1) is 54.2. The van der Waals surface area contributed by atoms with E-state index in [1.165, 1.54) is 51.0 Å². The molecule has 16 heteroatoms. The fraction of sp³-hybridized carbons (Fsp3) is 0.284. The van der Waals surface area contributed by atoms with Gasteiger partial charge in [-0.05, 0) is 189 Å². The number of rotatable bonds is 26. The van der Waals surface area contributed by atoms with E-state index in [-0.39, 0.29) is 50.2 Å². The molecule has 0 fully saturated rings. The smallest absolute Gasteiger partial charge is 0.270 e. The number of thiophene rings is 4. The van der Waals surface area contributed by atoms with Gasteiger partial charge in [-0.2, -0.15) is 0 Å². The van der Waals surface area contributed by atoms with Crippen molar-refractivity contribution in [1.29, 1.82) is 10.5 Å². The van der Waals surface area contributed by atoms with Crippen LogP contribution in [0.5, 0.6) is 0 Å². The number of hydrogen-bond acceptors (Lipinski definition) is 11. The van der Waals surface area contributed by atoms with Crippen molar-refractivity contribution in [2.45, 2.75) is 174 Å². The quantitative estimate of drug-likeness (QED) is 0.0228. The Bertz CT molecular complexity index is 5960. The number of aromatic nitrogens is 2. The van der Waals surface area contributed by atoms with Gasteiger partial charge in [-0.3, -0.25) is 9.59 Å². The molecule has 0 aliphatic heterocycles. The topological polar surface area (TPSA) is 129 Å². The third kappa shape index (κ3) is 12.4. The average molecular weight is 1540 g/mol. The first-order valence-corrected chi connectivity index (χ1v) is 42.2. The molecular weight excluding hydrogens is 1460 g/mol. The molecule has 0 spiro atoms. The summed E-state index contributed by atoms with van der Waals surface area (Å²) < 4.78 is 54.2. The van der Waals surface area contributed by atoms with Crippen molar-refractivity contribution in [3.8, 4) is 31.6 Å². The Morgan fingerprint density at radius 1 is 0.450 bits per heavy atom. The van der Waals surface area contributed by atoms with Crippen LogP contribution in [-0.4, -0.2) is 21.9 Å². The molecule has 0 amide bonds. The molecule has 0 bridgehead atoms. The van der Waals surface area contributed by atoms with E-state index >= 15 is 18.0 Å². The lowest BCUT2D eigenvalue weighted by molar-refractivity contribution is 0.103. The summed E-state index contributed by atoms with van der Waals surface area (Å²) in [5.74, 6) is -4.07. The molecule has 0 N–H and O–H groups in total. The fourth-order valence-electron chi connectivity index (χ4n) is 17.7. The molecule has 4 aliphatic rings. The highest BCUT2D eigenvalue weighted by Crippen LogP contribution is 2.69. The number of halogens is 3. The second-order valence-corrected chi connectivity index (χ2v) is 34.1. The predicted molar refractivity (Wildman–Crippen MR) is 445 cm³/mol. The van der Waals surface area contributed by atoms with Crippen LogP contribution in [0.1, 0.15) is 244 Å². The minimum atomic E-state index is -1.21. The fourth-order valence-corrected chi connectivity index (χ4v) is 23.2. The summed E-state index contributed by atoms with van der Waals surface area (Å²) in [6, 6.07) is 49.4. The molecule has 16 rings (SSSR count). The number of benzene rings is 7. The lowest BCUT2D eigenvalue weighted by Gasteiger charge is -2.34. The summed E-state index contributed by atoms with van der Waals surface area (Å²) in [5, 5.41) is 33.0. The van der Waals surface area contributed by atoms with Crippen LogP contribution in [-0.2, 0) is 36.5 Å². The number of hydrogen-bond donors (Lipinski definition) is 0. The third-order valence-electron chi connectivity index (χ3n) is 23.2. The Kier molecular flexibility index (Phi) is 20.7. The minimum absolute atomic E-state index is 0.00806. The van der Waals surface area contributed by atoms with E-state index in [1.807, 2.05) is 6.07 Å². The molecule has 5 aromatic heterocycles. The van der Waals surface area contributed by atoms with Crippen molar-refractivity contribution in [3.05, 3.63) is 301 Å². The van der Waals surface area contributed by atoms with Crippen molar-refractivity contribution in [2.24, 2.45) is 0 Å². The summed E-state index contributed by atoms with van der Waals surface area (Å²) in [6.45, 7) is 26.9. The number of nitrogens with zero attached hydrogens (tertiary/aromatic N) is 6. The first kappa shape index (κ1) is 74.4. The standard InChI is InChI=1S/C95H79F3N6O3S4/c1-8-12-16-20-24-55-28-36-59(37-29-55)94(60-38-30-56(31-39-60)25-21-17-13-9-2)71-47-63(45-69-78(76(52-99)101-6)65-44-54(5)73(96)50-67(65)86(69)105)108-88(71)92-82(94)80-84-85(104-107-103-84)91-81(90(80)110-92)83-93(111-91)89-72(48-64(109-89)46-70-79(77(53-100)102-7)66-49-74(97)75(98)51-68(66)87(70)106)95(83,61-40-32-57(33-41-61)26-22-18-14-10-3)62-42-34-58(35-43-62)27-23-19-15-11-4/h28-51H,8-27H2,1-5H3/b69-45-,70-46-,78-76-,79-77+. The van der Waals surface area contributed by atoms with E-state index in [9.17, 15) is 15.3 Å². The Labute approximate surface area is 661 Å². The molecule has 0 atom stereocenters. The van der Waals surface area contributed by atoms with E-state index < -0.39 is 45.5 Å². The maximum Gasteiger partial charge on any atom is 0.270 e. The van der Waals surface area contributed by atoms with E-state index in [0.717, 1.165) is 225 Å². The highest BCUT2D eigenvalue weighted by Gasteiger charge is 2.54. The van der Waals surface area contributed by atoms with Crippen molar-refractivity contribution in [2.75, 3.05) is 0 Å². The van der Waals surface area contributed by atoms with Gasteiger partial charge in [-0.15, -0.1) is 45.3 Å². The molecule has 7 aromatic carbocycles. The lowest BCUT2D eigenvalue weighted by Crippen LogP contribution is -2.29. The van der Waals surface area contributed by atoms with Crippen molar-refractivity contribution < 1.29 is 27.4 Å². The number of aryl methyl sites for hydroxylation is 5. The normalized spacial score (nSPS) is 15.8. The average Bonchev–Trinajstić information content (AvgIpc) is 1.49. The van der Waals surface area contributed by atoms with Gasteiger partial charge in [0, 0.05) is 69.8 Å². The summed E-state index contributed by atoms with van der Waals surface area (Å²) in [4.78, 5) is 42.2. The SMILES string of the molecule is [C-]#[N+]/C(C#N)=C1\C(=C\c2cc3c(s2)-c2sc4c(c2C3(c2ccc(CCCCCC)cc2)c2ccc(CCCCCC)cc2)c2nonc2c2sc3c(c24)C(c2ccc(CCCCCC)cc2)(c2ccc(CCCCCC)cc2)c2cc(/C=C4\C(=O)c5cc(F)c(F)cc5\C4=C(\C#N)[N+]#[C-])sc2-3)C(=O)c2cc(F)c(C)cc21. The minimum Gasteiger partial charge on any atom is -0.289 e. The van der Waals surface area contributed by atoms with Gasteiger partial charge in [0.2, 0.25) is 0 Å². The molecule has 0 radical (unpaired) electrons. The van der Waals surface area contributed by atoms with Gasteiger partial charge in [0.05, 0.1) is 60.3 Å². The van der Waals surface area contributed by atoms with Gasteiger partial charge in [-0.25, -0.2) is 38.0 Å². The third-order valence-corrected chi connectivity index (χ3v) is 28.1. The number of allylic oxidation sites excluding steroid dienone is 6. The van der Waals surface area contributed by atoms with Gasteiger partial charge < -0.3 is 0 Å². The number of carbonyl (C=O) groups excluding carboxylic acids is 2. The Hall–Kier alpha value is -10.7. The van der Waals surface area contributed by atoms with Crippen molar-refractivity contribution in [1.82, 2.24) is 10.3 Å². The van der Waals surface area contributed by atoms with Crippen LogP contribution in [0.3, 0.4) is 0 Å². The summed E-state index contributed by atoms with van der Waals surface area (Å²) >= 11 is 6.34. The second-order valence-electron chi connectivity index (χ2n) is 29.9. The highest BCUT2D eigenvalue weighted by atomic mass is 32.1. The summed E-state index contributed by atoms with van der Waals surface area (Å²) in [7, 11) is 0. The zero-order valence-electron chi connectivity index (χ0n) is 62.7. The largest absolute Gasteiger partial charge is 0.289 e.